The maximum atomic E-state index is 12.0. The van der Waals surface area contributed by atoms with Crippen LogP contribution in [-0.2, 0) is 15.7 Å². The molecule has 4 nitrogen and oxygen atoms in total. The topological polar surface area (TPSA) is 48.4 Å². The fourth-order valence-electron chi connectivity index (χ4n) is 1.50. The van der Waals surface area contributed by atoms with Gasteiger partial charge in [-0.2, -0.15) is 0 Å². The predicted octanol–water partition coefficient (Wildman–Crippen LogP) is 2.90. The van der Waals surface area contributed by atoms with Gasteiger partial charge in [-0.25, -0.2) is 4.57 Å². The number of hydrogen-bond donors (Lipinski definition) is 0. The maximum absolute atomic E-state index is 12.0. The minimum Gasteiger partial charge on any atom is -0.422 e. The second-order valence-corrected chi connectivity index (χ2v) is 5.71. The summed E-state index contributed by atoms with van der Waals surface area (Å²) in [5.74, 6) is 0.601. The SMILES string of the molecule is CCCP1(=O)OCc2nc(C)ccc2O1. The van der Waals surface area contributed by atoms with Gasteiger partial charge in [-0.05, 0) is 25.5 Å². The zero-order valence-corrected chi connectivity index (χ0v) is 9.79. The number of rotatable bonds is 2. The smallest absolute Gasteiger partial charge is 0.379 e. The second-order valence-electron chi connectivity index (χ2n) is 3.60. The molecule has 0 saturated heterocycles. The quantitative estimate of drug-likeness (QED) is 0.729. The van der Waals surface area contributed by atoms with Crippen LogP contribution in [0.15, 0.2) is 12.1 Å². The molecule has 0 N–H and O–H groups in total. The molecule has 15 heavy (non-hydrogen) atoms. The predicted molar refractivity (Wildman–Crippen MR) is 57.2 cm³/mol. The van der Waals surface area contributed by atoms with Crippen LogP contribution in [0.4, 0.5) is 0 Å². The van der Waals surface area contributed by atoms with Gasteiger partial charge in [0.15, 0.2) is 5.75 Å². The van der Waals surface area contributed by atoms with Crippen LogP contribution in [0.2, 0.25) is 0 Å². The molecule has 1 aliphatic heterocycles. The minimum atomic E-state index is -2.90. The van der Waals surface area contributed by atoms with Crippen LogP contribution < -0.4 is 4.52 Å². The summed E-state index contributed by atoms with van der Waals surface area (Å²) in [6, 6.07) is 3.66. The van der Waals surface area contributed by atoms with E-state index in [-0.39, 0.29) is 6.61 Å². The molecule has 1 aromatic rings. The van der Waals surface area contributed by atoms with E-state index in [0.29, 0.717) is 11.9 Å². The van der Waals surface area contributed by atoms with Crippen molar-refractivity contribution >= 4 is 7.60 Å². The van der Waals surface area contributed by atoms with Crippen molar-refractivity contribution in [2.24, 2.45) is 0 Å². The molecule has 1 unspecified atom stereocenters. The zero-order valence-electron chi connectivity index (χ0n) is 8.90. The fourth-order valence-corrected chi connectivity index (χ4v) is 3.11. The lowest BCUT2D eigenvalue weighted by atomic mass is 10.3. The highest BCUT2D eigenvalue weighted by Crippen LogP contribution is 2.53. The van der Waals surface area contributed by atoms with Gasteiger partial charge in [0.05, 0.1) is 6.16 Å². The van der Waals surface area contributed by atoms with Crippen molar-refractivity contribution in [2.45, 2.75) is 26.9 Å². The first-order valence-corrected chi connectivity index (χ1v) is 6.75. The Morgan fingerprint density at radius 3 is 3.07 bits per heavy atom. The largest absolute Gasteiger partial charge is 0.422 e. The standard InChI is InChI=1S/C10H14NO3P/c1-3-6-15(12)13-7-9-10(14-15)5-4-8(2)11-9/h4-5H,3,6-7H2,1-2H3. The molecule has 0 bridgehead atoms. The molecule has 0 aromatic carbocycles. The summed E-state index contributed by atoms with van der Waals surface area (Å²) < 4.78 is 22.7. The third kappa shape index (κ3) is 2.21. The monoisotopic (exact) mass is 227 g/mol. The summed E-state index contributed by atoms with van der Waals surface area (Å²) in [5, 5.41) is 0. The van der Waals surface area contributed by atoms with Gasteiger partial charge in [0.2, 0.25) is 0 Å². The van der Waals surface area contributed by atoms with E-state index in [1.54, 1.807) is 0 Å². The van der Waals surface area contributed by atoms with Crippen LogP contribution in [0, 0.1) is 6.92 Å². The molecule has 0 spiro atoms. The van der Waals surface area contributed by atoms with E-state index >= 15 is 0 Å². The molecule has 5 heteroatoms. The molecule has 0 radical (unpaired) electrons. The van der Waals surface area contributed by atoms with Gasteiger partial charge in [-0.1, -0.05) is 6.92 Å². The Morgan fingerprint density at radius 2 is 2.33 bits per heavy atom. The summed E-state index contributed by atoms with van der Waals surface area (Å²) in [6.07, 6.45) is 1.24. The van der Waals surface area contributed by atoms with Crippen molar-refractivity contribution in [3.05, 3.63) is 23.5 Å². The van der Waals surface area contributed by atoms with Gasteiger partial charge >= 0.3 is 7.60 Å². The van der Waals surface area contributed by atoms with Gasteiger partial charge in [0.25, 0.3) is 0 Å². The fraction of sp³-hybridized carbons (Fsp3) is 0.500. The van der Waals surface area contributed by atoms with E-state index in [1.165, 1.54) is 0 Å². The zero-order chi connectivity index (χ0) is 10.9. The molecule has 0 fully saturated rings. The van der Waals surface area contributed by atoms with Gasteiger partial charge in [0.1, 0.15) is 12.3 Å². The first kappa shape index (κ1) is 10.7. The Morgan fingerprint density at radius 1 is 1.53 bits per heavy atom. The average molecular weight is 227 g/mol. The lowest BCUT2D eigenvalue weighted by molar-refractivity contribution is 0.227. The third-order valence-electron chi connectivity index (χ3n) is 2.20. The summed E-state index contributed by atoms with van der Waals surface area (Å²) in [5.41, 5.74) is 1.64. The number of nitrogens with zero attached hydrogens (tertiary/aromatic N) is 1. The summed E-state index contributed by atoms with van der Waals surface area (Å²) >= 11 is 0. The van der Waals surface area contributed by atoms with Crippen LogP contribution in [-0.4, -0.2) is 11.1 Å². The van der Waals surface area contributed by atoms with Gasteiger partial charge in [0, 0.05) is 5.69 Å². The van der Waals surface area contributed by atoms with E-state index in [9.17, 15) is 4.57 Å². The minimum absolute atomic E-state index is 0.286. The number of aryl methyl sites for hydroxylation is 1. The molecule has 1 aliphatic rings. The Bertz CT molecular complexity index is 419. The Balaban J connectivity index is 2.27. The van der Waals surface area contributed by atoms with Crippen molar-refractivity contribution in [1.29, 1.82) is 0 Å². The molecule has 1 atom stereocenters. The highest BCUT2D eigenvalue weighted by Gasteiger charge is 2.31. The van der Waals surface area contributed by atoms with Crippen LogP contribution in [0.3, 0.4) is 0 Å². The van der Waals surface area contributed by atoms with Gasteiger partial charge < -0.3 is 4.52 Å². The molecular formula is C10H14NO3P. The summed E-state index contributed by atoms with van der Waals surface area (Å²) in [4.78, 5) is 4.27. The van der Waals surface area contributed by atoms with Crippen LogP contribution in [0.5, 0.6) is 5.75 Å². The van der Waals surface area contributed by atoms with Gasteiger partial charge in [-0.15, -0.1) is 0 Å². The van der Waals surface area contributed by atoms with E-state index in [4.69, 9.17) is 9.05 Å². The summed E-state index contributed by atoms with van der Waals surface area (Å²) in [7, 11) is -2.90. The van der Waals surface area contributed by atoms with Crippen molar-refractivity contribution in [2.75, 3.05) is 6.16 Å². The molecule has 0 aliphatic carbocycles. The van der Waals surface area contributed by atoms with Crippen molar-refractivity contribution < 1.29 is 13.6 Å². The molecular weight excluding hydrogens is 213 g/mol. The van der Waals surface area contributed by atoms with E-state index < -0.39 is 7.60 Å². The van der Waals surface area contributed by atoms with Crippen molar-refractivity contribution in [1.82, 2.24) is 4.98 Å². The highest BCUT2D eigenvalue weighted by molar-refractivity contribution is 7.54. The molecule has 0 saturated carbocycles. The molecule has 2 heterocycles. The van der Waals surface area contributed by atoms with Crippen LogP contribution in [0.25, 0.3) is 0 Å². The molecule has 82 valence electrons. The number of pyridine rings is 1. The second kappa shape index (κ2) is 3.95. The molecule has 2 rings (SSSR count). The number of aromatic nitrogens is 1. The van der Waals surface area contributed by atoms with Crippen LogP contribution in [0.1, 0.15) is 24.7 Å². The first-order valence-electron chi connectivity index (χ1n) is 5.03. The van der Waals surface area contributed by atoms with E-state index in [1.807, 2.05) is 26.0 Å². The van der Waals surface area contributed by atoms with Crippen LogP contribution >= 0.6 is 7.60 Å². The van der Waals surface area contributed by atoms with Crippen molar-refractivity contribution in [3.63, 3.8) is 0 Å². The molecule has 1 aromatic heterocycles. The van der Waals surface area contributed by atoms with Gasteiger partial charge in [-0.3, -0.25) is 9.51 Å². The Labute approximate surface area is 89.2 Å². The average Bonchev–Trinajstić information content (AvgIpc) is 2.19. The van der Waals surface area contributed by atoms with E-state index in [0.717, 1.165) is 17.8 Å². The van der Waals surface area contributed by atoms with Crippen molar-refractivity contribution in [3.8, 4) is 5.75 Å². The number of fused-ring (bicyclic) bond motifs is 1. The molecule has 0 amide bonds. The number of hydrogen-bond acceptors (Lipinski definition) is 4. The summed E-state index contributed by atoms with van der Waals surface area (Å²) in [6.45, 7) is 4.14. The normalized spacial score (nSPS) is 24.4. The lowest BCUT2D eigenvalue weighted by Crippen LogP contribution is -2.11. The third-order valence-corrected chi connectivity index (χ3v) is 4.20. The lowest BCUT2D eigenvalue weighted by Gasteiger charge is -2.24. The Hall–Kier alpha value is -0.860. The maximum Gasteiger partial charge on any atom is 0.379 e. The Kier molecular flexibility index (Phi) is 2.81. The first-order chi connectivity index (χ1) is 7.13. The highest BCUT2D eigenvalue weighted by atomic mass is 31.2. The van der Waals surface area contributed by atoms with E-state index in [2.05, 4.69) is 4.98 Å².